The maximum atomic E-state index is 12.4. The first-order valence-electron chi connectivity index (χ1n) is 6.00. The summed E-state index contributed by atoms with van der Waals surface area (Å²) in [5, 5.41) is 0. The lowest BCUT2D eigenvalue weighted by molar-refractivity contribution is -0.00518. The number of ether oxygens (including phenoxy) is 1. The number of hydrogen-bond acceptors (Lipinski definition) is 2. The van der Waals surface area contributed by atoms with Gasteiger partial charge in [-0.15, -0.1) is 0 Å². The summed E-state index contributed by atoms with van der Waals surface area (Å²) in [4.78, 5) is 0.861. The topological polar surface area (TPSA) is 29.5 Å². The van der Waals surface area contributed by atoms with Gasteiger partial charge in [-0.25, -0.2) is 4.21 Å². The molecule has 4 heteroatoms. The Morgan fingerprint density at radius 2 is 2.00 bits per heavy atom. The van der Waals surface area contributed by atoms with Gasteiger partial charge < -0.3 is 4.74 Å². The predicted octanol–water partition coefficient (Wildman–Crippen LogP) is 2.48. The molecule has 0 bridgehead atoms. The third-order valence-corrected chi connectivity index (χ3v) is 4.63. The van der Waals surface area contributed by atoms with Crippen LogP contribution in [0, 0.1) is 6.92 Å². The van der Waals surface area contributed by atoms with Crippen molar-refractivity contribution in [3.63, 3.8) is 0 Å². The lowest BCUT2D eigenvalue weighted by Gasteiger charge is -2.32. The van der Waals surface area contributed by atoms with E-state index in [-0.39, 0.29) is 6.23 Å². The second-order valence-electron chi connectivity index (χ2n) is 4.39. The predicted molar refractivity (Wildman–Crippen MR) is 68.9 cm³/mol. The van der Waals surface area contributed by atoms with Crippen molar-refractivity contribution in [3.05, 3.63) is 29.8 Å². The van der Waals surface area contributed by atoms with Crippen LogP contribution in [0.4, 0.5) is 0 Å². The second-order valence-corrected chi connectivity index (χ2v) is 5.83. The van der Waals surface area contributed by atoms with E-state index in [1.54, 1.807) is 7.11 Å². The number of benzene rings is 1. The van der Waals surface area contributed by atoms with Gasteiger partial charge in [0.1, 0.15) is 17.2 Å². The van der Waals surface area contributed by atoms with Gasteiger partial charge in [-0.2, -0.15) is 4.31 Å². The highest BCUT2D eigenvalue weighted by atomic mass is 32.2. The second kappa shape index (κ2) is 5.76. The molecule has 1 fully saturated rings. The molecule has 2 rings (SSSR count). The molecule has 0 N–H and O–H groups in total. The van der Waals surface area contributed by atoms with Crippen LogP contribution in [0.25, 0.3) is 0 Å². The van der Waals surface area contributed by atoms with Gasteiger partial charge in [0.15, 0.2) is 0 Å². The molecule has 2 unspecified atom stereocenters. The third kappa shape index (κ3) is 2.94. The lowest BCUT2D eigenvalue weighted by atomic mass is 10.1. The van der Waals surface area contributed by atoms with Crippen LogP contribution in [0.3, 0.4) is 0 Å². The van der Waals surface area contributed by atoms with E-state index >= 15 is 0 Å². The first-order valence-corrected chi connectivity index (χ1v) is 7.11. The van der Waals surface area contributed by atoms with Gasteiger partial charge in [0, 0.05) is 13.7 Å². The summed E-state index contributed by atoms with van der Waals surface area (Å²) in [6.45, 7) is 2.88. The molecule has 0 saturated carbocycles. The van der Waals surface area contributed by atoms with Crippen molar-refractivity contribution >= 4 is 11.0 Å². The maximum Gasteiger partial charge on any atom is 0.129 e. The van der Waals surface area contributed by atoms with E-state index in [4.69, 9.17) is 4.74 Å². The van der Waals surface area contributed by atoms with E-state index in [1.165, 1.54) is 5.56 Å². The van der Waals surface area contributed by atoms with Gasteiger partial charge in [0.25, 0.3) is 0 Å². The zero-order valence-electron chi connectivity index (χ0n) is 10.4. The van der Waals surface area contributed by atoms with Gasteiger partial charge in [-0.05, 0) is 38.3 Å². The van der Waals surface area contributed by atoms with Crippen LogP contribution in [0.15, 0.2) is 29.2 Å². The smallest absolute Gasteiger partial charge is 0.129 e. The summed E-state index contributed by atoms with van der Waals surface area (Å²) < 4.78 is 19.8. The van der Waals surface area contributed by atoms with Crippen molar-refractivity contribution in [2.24, 2.45) is 0 Å². The van der Waals surface area contributed by atoms with Crippen LogP contribution in [0.2, 0.25) is 0 Å². The fourth-order valence-corrected chi connectivity index (χ4v) is 3.43. The number of hydrogen-bond donors (Lipinski definition) is 0. The standard InChI is InChI=1S/C13H19NO2S/c1-11-6-8-12(9-7-11)17(15)14-10-4-3-5-13(14)16-2/h6-9,13H,3-5,10H2,1-2H3. The van der Waals surface area contributed by atoms with Crippen LogP contribution < -0.4 is 0 Å². The largest absolute Gasteiger partial charge is 0.365 e. The highest BCUT2D eigenvalue weighted by Gasteiger charge is 2.27. The molecule has 0 spiro atoms. The first-order chi connectivity index (χ1) is 8.22. The number of methoxy groups -OCH3 is 1. The molecule has 3 nitrogen and oxygen atoms in total. The number of aryl methyl sites for hydroxylation is 1. The molecule has 17 heavy (non-hydrogen) atoms. The molecule has 1 aromatic rings. The molecular formula is C13H19NO2S. The summed E-state index contributed by atoms with van der Waals surface area (Å²) in [5.41, 5.74) is 1.19. The van der Waals surface area contributed by atoms with Gasteiger partial charge in [0.2, 0.25) is 0 Å². The highest BCUT2D eigenvalue weighted by molar-refractivity contribution is 7.82. The van der Waals surface area contributed by atoms with E-state index in [2.05, 4.69) is 0 Å². The van der Waals surface area contributed by atoms with Crippen LogP contribution in [-0.4, -0.2) is 28.4 Å². The minimum atomic E-state index is -1.10. The molecule has 1 aliphatic heterocycles. The van der Waals surface area contributed by atoms with Crippen LogP contribution in [-0.2, 0) is 15.7 Å². The number of nitrogens with zero attached hydrogens (tertiary/aromatic N) is 1. The van der Waals surface area contributed by atoms with Crippen molar-refractivity contribution in [3.8, 4) is 0 Å². The first kappa shape index (κ1) is 12.7. The zero-order valence-corrected chi connectivity index (χ0v) is 11.2. The third-order valence-electron chi connectivity index (χ3n) is 3.11. The molecule has 1 saturated heterocycles. The van der Waals surface area contributed by atoms with Crippen LogP contribution in [0.5, 0.6) is 0 Å². The zero-order chi connectivity index (χ0) is 12.3. The van der Waals surface area contributed by atoms with Crippen molar-refractivity contribution < 1.29 is 8.95 Å². The molecule has 0 radical (unpaired) electrons. The molecular weight excluding hydrogens is 234 g/mol. The molecule has 0 amide bonds. The van der Waals surface area contributed by atoms with Crippen molar-refractivity contribution in [2.45, 2.75) is 37.3 Å². The molecule has 1 heterocycles. The Labute approximate surface area is 105 Å². The molecule has 94 valence electrons. The van der Waals surface area contributed by atoms with Gasteiger partial charge in [0.05, 0.1) is 4.90 Å². The minimum Gasteiger partial charge on any atom is -0.365 e. The fourth-order valence-electron chi connectivity index (χ4n) is 2.09. The summed E-state index contributed by atoms with van der Waals surface area (Å²) in [6, 6.07) is 7.87. The lowest BCUT2D eigenvalue weighted by Crippen LogP contribution is -2.41. The Balaban J connectivity index is 2.15. The molecule has 0 aliphatic carbocycles. The Bertz CT molecular complexity index is 391. The molecule has 1 aromatic carbocycles. The van der Waals surface area contributed by atoms with E-state index in [0.29, 0.717) is 0 Å². The molecule has 2 atom stereocenters. The van der Waals surface area contributed by atoms with Crippen molar-refractivity contribution in [1.82, 2.24) is 4.31 Å². The quantitative estimate of drug-likeness (QED) is 0.828. The van der Waals surface area contributed by atoms with Crippen LogP contribution in [0.1, 0.15) is 24.8 Å². The highest BCUT2D eigenvalue weighted by Crippen LogP contribution is 2.22. The average Bonchev–Trinajstić information content (AvgIpc) is 2.39. The Hall–Kier alpha value is -0.710. The van der Waals surface area contributed by atoms with Crippen molar-refractivity contribution in [2.75, 3.05) is 13.7 Å². The van der Waals surface area contributed by atoms with E-state index < -0.39 is 11.0 Å². The number of piperidine rings is 1. The summed E-state index contributed by atoms with van der Waals surface area (Å²) in [7, 11) is 0.590. The van der Waals surface area contributed by atoms with E-state index in [9.17, 15) is 4.21 Å². The SMILES string of the molecule is COC1CCCCN1S(=O)c1ccc(C)cc1. The molecule has 1 aliphatic rings. The number of rotatable bonds is 3. The Morgan fingerprint density at radius 1 is 1.29 bits per heavy atom. The summed E-state index contributed by atoms with van der Waals surface area (Å²) >= 11 is 0. The van der Waals surface area contributed by atoms with Gasteiger partial charge >= 0.3 is 0 Å². The summed E-state index contributed by atoms with van der Waals surface area (Å²) in [6.07, 6.45) is 3.21. The minimum absolute atomic E-state index is 0.00844. The van der Waals surface area contributed by atoms with Crippen molar-refractivity contribution in [1.29, 1.82) is 0 Å². The Morgan fingerprint density at radius 3 is 2.65 bits per heavy atom. The monoisotopic (exact) mass is 253 g/mol. The fraction of sp³-hybridized carbons (Fsp3) is 0.538. The van der Waals surface area contributed by atoms with E-state index in [0.717, 1.165) is 30.7 Å². The average molecular weight is 253 g/mol. The van der Waals surface area contributed by atoms with Gasteiger partial charge in [-0.3, -0.25) is 0 Å². The van der Waals surface area contributed by atoms with E-state index in [1.807, 2.05) is 35.5 Å². The van der Waals surface area contributed by atoms with Crippen LogP contribution >= 0.6 is 0 Å². The normalized spacial score (nSPS) is 23.5. The molecule has 0 aromatic heterocycles. The maximum absolute atomic E-state index is 12.4. The Kier molecular flexibility index (Phi) is 4.31. The summed E-state index contributed by atoms with van der Waals surface area (Å²) in [5.74, 6) is 0. The van der Waals surface area contributed by atoms with Gasteiger partial charge in [-0.1, -0.05) is 17.7 Å².